The van der Waals surface area contributed by atoms with E-state index in [-0.39, 0.29) is 6.04 Å². The summed E-state index contributed by atoms with van der Waals surface area (Å²) in [6.45, 7) is 12.9. The van der Waals surface area contributed by atoms with Crippen LogP contribution in [-0.4, -0.2) is 42.0 Å². The smallest absolute Gasteiger partial charge is 0.191 e. The van der Waals surface area contributed by atoms with Crippen LogP contribution in [0.25, 0.3) is 0 Å². The molecular weight excluding hydrogens is 370 g/mol. The number of aryl methyl sites for hydroxylation is 1. The van der Waals surface area contributed by atoms with Crippen molar-refractivity contribution in [1.29, 1.82) is 0 Å². The minimum Gasteiger partial charge on any atom is -0.465 e. The highest BCUT2D eigenvalue weighted by Crippen LogP contribution is 2.26. The van der Waals surface area contributed by atoms with Crippen LogP contribution in [0.3, 0.4) is 0 Å². The fourth-order valence-electron chi connectivity index (χ4n) is 3.44. The SMILES string of the molecule is CCNC(=NCc1nc(C(C)C)cs1)NCC(c1ccc(C)o1)N1CCCC1. The summed E-state index contributed by atoms with van der Waals surface area (Å²) in [5, 5.41) is 10.1. The number of aliphatic imine (C=N–C) groups is 1. The average molecular weight is 404 g/mol. The summed E-state index contributed by atoms with van der Waals surface area (Å²) in [6.07, 6.45) is 2.51. The van der Waals surface area contributed by atoms with Gasteiger partial charge in [0, 0.05) is 18.5 Å². The van der Waals surface area contributed by atoms with Crippen LogP contribution in [0.2, 0.25) is 0 Å². The van der Waals surface area contributed by atoms with E-state index in [1.165, 1.54) is 12.8 Å². The molecule has 0 saturated carbocycles. The molecule has 0 spiro atoms. The average Bonchev–Trinajstić information content (AvgIpc) is 3.42. The molecule has 0 bridgehead atoms. The van der Waals surface area contributed by atoms with Gasteiger partial charge in [0.25, 0.3) is 0 Å². The van der Waals surface area contributed by atoms with Gasteiger partial charge in [0.2, 0.25) is 0 Å². The number of nitrogens with one attached hydrogen (secondary N) is 2. The highest BCUT2D eigenvalue weighted by Gasteiger charge is 2.26. The van der Waals surface area contributed by atoms with E-state index in [2.05, 4.69) is 52.7 Å². The fourth-order valence-corrected chi connectivity index (χ4v) is 4.32. The minimum absolute atomic E-state index is 0.229. The van der Waals surface area contributed by atoms with Crippen LogP contribution in [0.1, 0.15) is 67.8 Å². The maximum absolute atomic E-state index is 5.95. The molecule has 0 amide bonds. The zero-order chi connectivity index (χ0) is 19.9. The van der Waals surface area contributed by atoms with E-state index in [1.54, 1.807) is 11.3 Å². The van der Waals surface area contributed by atoms with Crippen molar-refractivity contribution in [3.63, 3.8) is 0 Å². The number of furan rings is 1. The first-order valence-electron chi connectivity index (χ1n) is 10.3. The molecule has 2 N–H and O–H groups in total. The van der Waals surface area contributed by atoms with Crippen LogP contribution in [0, 0.1) is 6.92 Å². The van der Waals surface area contributed by atoms with Crippen LogP contribution in [-0.2, 0) is 6.54 Å². The van der Waals surface area contributed by atoms with Gasteiger partial charge in [-0.2, -0.15) is 0 Å². The van der Waals surface area contributed by atoms with Gasteiger partial charge < -0.3 is 15.1 Å². The Balaban J connectivity index is 1.65. The number of rotatable bonds is 8. The van der Waals surface area contributed by atoms with Gasteiger partial charge in [-0.25, -0.2) is 9.98 Å². The van der Waals surface area contributed by atoms with E-state index >= 15 is 0 Å². The normalized spacial score (nSPS) is 16.7. The molecule has 0 aromatic carbocycles. The van der Waals surface area contributed by atoms with Crippen molar-refractivity contribution >= 4 is 17.3 Å². The second-order valence-electron chi connectivity index (χ2n) is 7.60. The number of guanidine groups is 1. The van der Waals surface area contributed by atoms with Gasteiger partial charge in [-0.05, 0) is 57.8 Å². The lowest BCUT2D eigenvalue weighted by molar-refractivity contribution is 0.213. The summed E-state index contributed by atoms with van der Waals surface area (Å²) in [7, 11) is 0. The molecule has 0 radical (unpaired) electrons. The Kier molecular flexibility index (Phi) is 7.50. The van der Waals surface area contributed by atoms with Crippen LogP contribution in [0.15, 0.2) is 26.9 Å². The zero-order valence-electron chi connectivity index (χ0n) is 17.5. The molecule has 1 unspecified atom stereocenters. The Morgan fingerprint density at radius 3 is 2.68 bits per heavy atom. The number of likely N-dealkylation sites (tertiary alicyclic amines) is 1. The maximum atomic E-state index is 5.95. The van der Waals surface area contributed by atoms with Crippen molar-refractivity contribution in [1.82, 2.24) is 20.5 Å². The lowest BCUT2D eigenvalue weighted by atomic mass is 10.2. The lowest BCUT2D eigenvalue weighted by Gasteiger charge is -2.26. The first-order chi connectivity index (χ1) is 13.6. The first kappa shape index (κ1) is 20.9. The molecule has 3 heterocycles. The molecule has 1 saturated heterocycles. The van der Waals surface area contributed by atoms with E-state index in [0.717, 1.165) is 54.4 Å². The standard InChI is InChI=1S/C21H33N5OS/c1-5-22-21(24-13-20-25-17(14-28-20)15(2)3)23-12-18(26-10-6-7-11-26)19-9-8-16(4)27-19/h8-9,14-15,18H,5-7,10-13H2,1-4H3,(H2,22,23,24). The van der Waals surface area contributed by atoms with Crippen molar-refractivity contribution in [2.75, 3.05) is 26.2 Å². The number of aromatic nitrogens is 1. The first-order valence-corrected chi connectivity index (χ1v) is 11.2. The molecule has 1 atom stereocenters. The molecule has 1 aliphatic heterocycles. The van der Waals surface area contributed by atoms with Crippen LogP contribution in [0.4, 0.5) is 0 Å². The van der Waals surface area contributed by atoms with Crippen LogP contribution >= 0.6 is 11.3 Å². The molecule has 28 heavy (non-hydrogen) atoms. The van der Waals surface area contributed by atoms with Gasteiger partial charge >= 0.3 is 0 Å². The van der Waals surface area contributed by atoms with E-state index in [0.29, 0.717) is 12.5 Å². The second-order valence-corrected chi connectivity index (χ2v) is 8.55. The lowest BCUT2D eigenvalue weighted by Crippen LogP contribution is -2.42. The molecule has 1 fully saturated rings. The largest absolute Gasteiger partial charge is 0.465 e. The molecule has 2 aromatic rings. The molecule has 0 aliphatic carbocycles. The molecule has 154 valence electrons. The summed E-state index contributed by atoms with van der Waals surface area (Å²) in [5.74, 6) is 3.28. The van der Waals surface area contributed by atoms with Crippen molar-refractivity contribution < 1.29 is 4.42 Å². The Morgan fingerprint density at radius 2 is 2.07 bits per heavy atom. The predicted molar refractivity (Wildman–Crippen MR) is 116 cm³/mol. The van der Waals surface area contributed by atoms with Crippen molar-refractivity contribution in [3.05, 3.63) is 39.7 Å². The molecule has 7 heteroatoms. The quantitative estimate of drug-likeness (QED) is 0.514. The van der Waals surface area contributed by atoms with Crippen molar-refractivity contribution in [2.24, 2.45) is 4.99 Å². The van der Waals surface area contributed by atoms with Gasteiger partial charge in [-0.3, -0.25) is 4.90 Å². The summed E-state index contributed by atoms with van der Waals surface area (Å²) in [5.41, 5.74) is 1.15. The Bertz CT molecular complexity index is 760. The maximum Gasteiger partial charge on any atom is 0.191 e. The topological polar surface area (TPSA) is 65.7 Å². The van der Waals surface area contributed by atoms with Gasteiger partial charge in [-0.1, -0.05) is 13.8 Å². The Hall–Kier alpha value is -1.86. The van der Waals surface area contributed by atoms with E-state index in [4.69, 9.17) is 9.41 Å². The number of hydrogen-bond acceptors (Lipinski definition) is 5. The molecule has 3 rings (SSSR count). The van der Waals surface area contributed by atoms with Gasteiger partial charge in [0.15, 0.2) is 5.96 Å². The van der Waals surface area contributed by atoms with E-state index in [1.807, 2.05) is 13.0 Å². The highest BCUT2D eigenvalue weighted by molar-refractivity contribution is 7.09. The van der Waals surface area contributed by atoms with E-state index in [9.17, 15) is 0 Å². The second kappa shape index (κ2) is 10.1. The van der Waals surface area contributed by atoms with Gasteiger partial charge in [-0.15, -0.1) is 11.3 Å². The summed E-state index contributed by atoms with van der Waals surface area (Å²) in [6, 6.07) is 4.38. The van der Waals surface area contributed by atoms with Crippen molar-refractivity contribution in [3.8, 4) is 0 Å². The zero-order valence-corrected chi connectivity index (χ0v) is 18.3. The Morgan fingerprint density at radius 1 is 1.29 bits per heavy atom. The molecule has 1 aliphatic rings. The monoisotopic (exact) mass is 403 g/mol. The predicted octanol–water partition coefficient (Wildman–Crippen LogP) is 4.06. The van der Waals surface area contributed by atoms with Gasteiger partial charge in [0.05, 0.1) is 18.3 Å². The number of hydrogen-bond donors (Lipinski definition) is 2. The third-order valence-electron chi connectivity index (χ3n) is 5.01. The minimum atomic E-state index is 0.229. The Labute approximate surface area is 172 Å². The summed E-state index contributed by atoms with van der Waals surface area (Å²) in [4.78, 5) is 11.9. The fraction of sp³-hybridized carbons (Fsp3) is 0.619. The van der Waals surface area contributed by atoms with E-state index < -0.39 is 0 Å². The third kappa shape index (κ3) is 5.58. The molecule has 2 aromatic heterocycles. The highest BCUT2D eigenvalue weighted by atomic mass is 32.1. The summed E-state index contributed by atoms with van der Waals surface area (Å²) >= 11 is 1.69. The number of thiazole rings is 1. The van der Waals surface area contributed by atoms with Crippen LogP contribution < -0.4 is 10.6 Å². The van der Waals surface area contributed by atoms with Gasteiger partial charge in [0.1, 0.15) is 16.5 Å². The summed E-state index contributed by atoms with van der Waals surface area (Å²) < 4.78 is 5.95. The molecular formula is C21H33N5OS. The van der Waals surface area contributed by atoms with Crippen molar-refractivity contribution in [2.45, 2.75) is 59.0 Å². The van der Waals surface area contributed by atoms with Crippen LogP contribution in [0.5, 0.6) is 0 Å². The number of nitrogens with zero attached hydrogens (tertiary/aromatic N) is 3. The molecule has 6 nitrogen and oxygen atoms in total. The third-order valence-corrected chi connectivity index (χ3v) is 5.86.